The number of rotatable bonds is 3. The molecule has 0 saturated carbocycles. The summed E-state index contributed by atoms with van der Waals surface area (Å²) >= 11 is 3.56. The average molecular weight is 402 g/mol. The van der Waals surface area contributed by atoms with Gasteiger partial charge in [-0.25, -0.2) is 4.98 Å². The first kappa shape index (κ1) is 15.5. The van der Waals surface area contributed by atoms with Crippen molar-refractivity contribution in [1.29, 1.82) is 0 Å². The summed E-state index contributed by atoms with van der Waals surface area (Å²) in [5.41, 5.74) is 4.41. The Morgan fingerprint density at radius 2 is 1.65 bits per heavy atom. The van der Waals surface area contributed by atoms with Crippen LogP contribution in [-0.4, -0.2) is 14.5 Å². The van der Waals surface area contributed by atoms with E-state index in [0.717, 1.165) is 22.4 Å². The average Bonchev–Trinajstić information content (AvgIpc) is 3.26. The molecule has 2 aromatic heterocycles. The Kier molecular flexibility index (Phi) is 3.54. The van der Waals surface area contributed by atoms with Crippen LogP contribution in [0, 0.1) is 0 Å². The summed E-state index contributed by atoms with van der Waals surface area (Å²) in [6.45, 7) is 0. The minimum atomic E-state index is -0.350. The molecule has 0 spiro atoms. The number of halogens is 1. The summed E-state index contributed by atoms with van der Waals surface area (Å²) in [5, 5.41) is 0. The van der Waals surface area contributed by atoms with Crippen LogP contribution in [0.15, 0.2) is 89.8 Å². The molecule has 4 aromatic rings. The highest BCUT2D eigenvalue weighted by atomic mass is 79.9. The topological polar surface area (TPSA) is 30.7 Å². The third kappa shape index (κ3) is 2.19. The highest BCUT2D eigenvalue weighted by Gasteiger charge is 2.45. The van der Waals surface area contributed by atoms with Crippen LogP contribution in [0.4, 0.5) is 0 Å². The predicted molar refractivity (Wildman–Crippen MR) is 106 cm³/mol. The maximum absolute atomic E-state index is 4.65. The Morgan fingerprint density at radius 1 is 0.846 bits per heavy atom. The van der Waals surface area contributed by atoms with Gasteiger partial charge in [0.15, 0.2) is 0 Å². The number of imidazole rings is 1. The smallest absolute Gasteiger partial charge is 0.141 e. The minimum Gasteiger partial charge on any atom is -0.316 e. The van der Waals surface area contributed by atoms with E-state index in [4.69, 9.17) is 0 Å². The van der Waals surface area contributed by atoms with E-state index >= 15 is 0 Å². The van der Waals surface area contributed by atoms with Gasteiger partial charge in [0.1, 0.15) is 11.4 Å². The van der Waals surface area contributed by atoms with E-state index < -0.39 is 0 Å². The number of aromatic nitrogens is 3. The molecule has 1 unspecified atom stereocenters. The summed E-state index contributed by atoms with van der Waals surface area (Å²) < 4.78 is 3.38. The molecule has 2 aromatic carbocycles. The number of hydrogen-bond acceptors (Lipinski definition) is 2. The quantitative estimate of drug-likeness (QED) is 0.480. The minimum absolute atomic E-state index is 0.350. The molecule has 0 aliphatic carbocycles. The summed E-state index contributed by atoms with van der Waals surface area (Å²) in [5.74, 6) is 1.01. The van der Waals surface area contributed by atoms with E-state index in [2.05, 4.69) is 91.3 Å². The van der Waals surface area contributed by atoms with E-state index in [9.17, 15) is 0 Å². The number of benzene rings is 2. The zero-order valence-electron chi connectivity index (χ0n) is 14.0. The van der Waals surface area contributed by atoms with Gasteiger partial charge in [0.05, 0.1) is 0 Å². The Hall–Kier alpha value is -2.72. The zero-order chi connectivity index (χ0) is 17.6. The summed E-state index contributed by atoms with van der Waals surface area (Å²) in [4.78, 5) is 9.27. The number of pyridine rings is 1. The standard InChI is InChI=1S/C22H16BrN3/c23-17-10-8-16(9-11-17)22(15-18-5-3-4-12-24-18)20-7-2-1-6-19(20)21-25-13-14-26(21)22/h1-14H,15H2. The lowest BCUT2D eigenvalue weighted by molar-refractivity contribution is 0.445. The highest BCUT2D eigenvalue weighted by Crippen LogP contribution is 2.48. The molecule has 4 heteroatoms. The molecule has 3 nitrogen and oxygen atoms in total. The van der Waals surface area contributed by atoms with Crippen molar-refractivity contribution in [1.82, 2.24) is 14.5 Å². The Bertz CT molecular complexity index is 1070. The van der Waals surface area contributed by atoms with Crippen molar-refractivity contribution in [2.75, 3.05) is 0 Å². The van der Waals surface area contributed by atoms with Crippen molar-refractivity contribution < 1.29 is 0 Å². The molecule has 0 N–H and O–H groups in total. The molecule has 0 radical (unpaired) electrons. The number of hydrogen-bond donors (Lipinski definition) is 0. The fraction of sp³-hybridized carbons (Fsp3) is 0.0909. The first-order valence-corrected chi connectivity index (χ1v) is 9.38. The van der Waals surface area contributed by atoms with Crippen molar-refractivity contribution in [2.24, 2.45) is 0 Å². The molecule has 0 bridgehead atoms. The van der Waals surface area contributed by atoms with E-state index in [1.807, 2.05) is 24.5 Å². The second-order valence-corrected chi connectivity index (χ2v) is 7.45. The summed E-state index contributed by atoms with van der Waals surface area (Å²) in [7, 11) is 0. The molecule has 0 amide bonds. The predicted octanol–water partition coefficient (Wildman–Crippen LogP) is 5.06. The first-order chi connectivity index (χ1) is 12.8. The largest absolute Gasteiger partial charge is 0.316 e. The third-order valence-corrected chi connectivity index (χ3v) is 5.68. The van der Waals surface area contributed by atoms with E-state index in [1.165, 1.54) is 16.7 Å². The second-order valence-electron chi connectivity index (χ2n) is 6.53. The van der Waals surface area contributed by atoms with Crippen LogP contribution in [0.3, 0.4) is 0 Å². The van der Waals surface area contributed by atoms with Gasteiger partial charge in [-0.3, -0.25) is 4.98 Å². The molecule has 26 heavy (non-hydrogen) atoms. The van der Waals surface area contributed by atoms with Gasteiger partial charge in [-0.05, 0) is 35.4 Å². The maximum atomic E-state index is 4.65. The van der Waals surface area contributed by atoms with Crippen molar-refractivity contribution in [3.8, 4) is 11.4 Å². The lowest BCUT2D eigenvalue weighted by Gasteiger charge is -2.33. The SMILES string of the molecule is Brc1ccc(C2(Cc3ccccn3)c3ccccc3-c3nccn32)cc1. The molecule has 0 saturated heterocycles. The Morgan fingerprint density at radius 3 is 2.46 bits per heavy atom. The van der Waals surface area contributed by atoms with Crippen LogP contribution in [0.25, 0.3) is 11.4 Å². The normalized spacial score (nSPS) is 17.7. The van der Waals surface area contributed by atoms with Crippen molar-refractivity contribution >= 4 is 15.9 Å². The van der Waals surface area contributed by atoms with Gasteiger partial charge in [0.25, 0.3) is 0 Å². The molecule has 126 valence electrons. The van der Waals surface area contributed by atoms with Gasteiger partial charge in [0.2, 0.25) is 0 Å². The highest BCUT2D eigenvalue weighted by molar-refractivity contribution is 9.10. The molecule has 1 aliphatic heterocycles. The van der Waals surface area contributed by atoms with Gasteiger partial charge >= 0.3 is 0 Å². The number of fused-ring (bicyclic) bond motifs is 3. The molecule has 1 aliphatic rings. The third-order valence-electron chi connectivity index (χ3n) is 5.15. The van der Waals surface area contributed by atoms with Crippen LogP contribution in [0.5, 0.6) is 0 Å². The van der Waals surface area contributed by atoms with Crippen LogP contribution < -0.4 is 0 Å². The molecular formula is C22H16BrN3. The number of nitrogens with zero attached hydrogens (tertiary/aromatic N) is 3. The van der Waals surface area contributed by atoms with Crippen molar-refractivity contribution in [3.05, 3.63) is 107 Å². The fourth-order valence-corrected chi connectivity index (χ4v) is 4.31. The van der Waals surface area contributed by atoms with Gasteiger partial charge in [-0.2, -0.15) is 0 Å². The van der Waals surface area contributed by atoms with E-state index in [0.29, 0.717) is 0 Å². The molecule has 0 fully saturated rings. The van der Waals surface area contributed by atoms with Crippen LogP contribution in [0.1, 0.15) is 16.8 Å². The van der Waals surface area contributed by atoms with Gasteiger partial charge in [-0.15, -0.1) is 0 Å². The van der Waals surface area contributed by atoms with Crippen LogP contribution in [0.2, 0.25) is 0 Å². The van der Waals surface area contributed by atoms with E-state index in [1.54, 1.807) is 0 Å². The maximum Gasteiger partial charge on any atom is 0.141 e. The van der Waals surface area contributed by atoms with Gasteiger partial charge in [0, 0.05) is 40.7 Å². The Labute approximate surface area is 160 Å². The first-order valence-electron chi connectivity index (χ1n) is 8.59. The second kappa shape index (κ2) is 5.92. The monoisotopic (exact) mass is 401 g/mol. The van der Waals surface area contributed by atoms with Crippen LogP contribution >= 0.6 is 15.9 Å². The zero-order valence-corrected chi connectivity index (χ0v) is 15.6. The van der Waals surface area contributed by atoms with Crippen LogP contribution in [-0.2, 0) is 12.0 Å². The molecule has 5 rings (SSSR count). The van der Waals surface area contributed by atoms with Crippen molar-refractivity contribution in [2.45, 2.75) is 12.0 Å². The fourth-order valence-electron chi connectivity index (χ4n) is 4.05. The Balaban J connectivity index is 1.82. The van der Waals surface area contributed by atoms with Gasteiger partial charge in [-0.1, -0.05) is 58.4 Å². The molecule has 3 heterocycles. The van der Waals surface area contributed by atoms with Gasteiger partial charge < -0.3 is 4.57 Å². The molecule has 1 atom stereocenters. The summed E-state index contributed by atoms with van der Waals surface area (Å²) in [6, 6.07) is 23.3. The van der Waals surface area contributed by atoms with E-state index in [-0.39, 0.29) is 5.54 Å². The molecular weight excluding hydrogens is 386 g/mol. The van der Waals surface area contributed by atoms with Crippen molar-refractivity contribution in [3.63, 3.8) is 0 Å². The lowest BCUT2D eigenvalue weighted by atomic mass is 9.79. The summed E-state index contributed by atoms with van der Waals surface area (Å²) in [6.07, 6.45) is 6.60. The lowest BCUT2D eigenvalue weighted by Crippen LogP contribution is -2.35.